The lowest BCUT2D eigenvalue weighted by Crippen LogP contribution is -2.35. The Labute approximate surface area is 151 Å². The van der Waals surface area contributed by atoms with E-state index in [1.807, 2.05) is 19.9 Å². The molecule has 2 atom stereocenters. The number of carbonyl (C=O) groups is 1. The lowest BCUT2D eigenvalue weighted by molar-refractivity contribution is -0.130. The van der Waals surface area contributed by atoms with Gasteiger partial charge in [0.05, 0.1) is 7.11 Å². The molecule has 0 saturated heterocycles. The summed E-state index contributed by atoms with van der Waals surface area (Å²) in [7, 11) is 1.59. The maximum absolute atomic E-state index is 11.9. The standard InChI is InChI=1S/C20H29NO4/c1-7-10-18(15-19(23-6)16(4)24-13-8-2)11-12-21-20(22)17(5)25-14-9-3/h2-3,10,15-17H,7,11-14H2,1,4-6H3,(H,21,22)/b18-10-,19-15+. The van der Waals surface area contributed by atoms with Gasteiger partial charge in [-0.1, -0.05) is 24.8 Å². The molecule has 0 aromatic carbocycles. The van der Waals surface area contributed by atoms with E-state index in [2.05, 4.69) is 23.2 Å². The second-order valence-electron chi connectivity index (χ2n) is 5.29. The van der Waals surface area contributed by atoms with Crippen LogP contribution in [-0.4, -0.2) is 45.0 Å². The van der Waals surface area contributed by atoms with E-state index in [1.54, 1.807) is 14.0 Å². The number of hydrogen-bond donors (Lipinski definition) is 1. The van der Waals surface area contributed by atoms with Crippen LogP contribution in [0.15, 0.2) is 23.5 Å². The van der Waals surface area contributed by atoms with Gasteiger partial charge < -0.3 is 19.5 Å². The molecule has 0 aliphatic carbocycles. The molecule has 0 saturated carbocycles. The van der Waals surface area contributed by atoms with Gasteiger partial charge in [0.15, 0.2) is 0 Å². The van der Waals surface area contributed by atoms with Gasteiger partial charge in [-0.2, -0.15) is 0 Å². The summed E-state index contributed by atoms with van der Waals surface area (Å²) in [6.07, 6.45) is 15.0. The summed E-state index contributed by atoms with van der Waals surface area (Å²) in [5.74, 6) is 5.28. The van der Waals surface area contributed by atoms with Gasteiger partial charge in [-0.05, 0) is 38.3 Å². The third-order valence-electron chi connectivity index (χ3n) is 3.35. The van der Waals surface area contributed by atoms with E-state index in [0.717, 1.165) is 12.0 Å². The molecule has 25 heavy (non-hydrogen) atoms. The van der Waals surface area contributed by atoms with E-state index < -0.39 is 6.10 Å². The van der Waals surface area contributed by atoms with Crippen LogP contribution in [0.4, 0.5) is 0 Å². The molecule has 0 heterocycles. The molecule has 0 aliphatic rings. The molecule has 0 aliphatic heterocycles. The van der Waals surface area contributed by atoms with E-state index in [4.69, 9.17) is 27.1 Å². The van der Waals surface area contributed by atoms with Crippen LogP contribution >= 0.6 is 0 Å². The van der Waals surface area contributed by atoms with Gasteiger partial charge in [-0.15, -0.1) is 12.8 Å². The number of terminal acetylenes is 2. The number of ether oxygens (including phenoxy) is 3. The summed E-state index contributed by atoms with van der Waals surface area (Å²) >= 11 is 0. The Hall–Kier alpha value is -2.21. The van der Waals surface area contributed by atoms with Crippen LogP contribution in [0.5, 0.6) is 0 Å². The Morgan fingerprint density at radius 3 is 2.28 bits per heavy atom. The number of methoxy groups -OCH3 is 1. The molecule has 5 nitrogen and oxygen atoms in total. The predicted molar refractivity (Wildman–Crippen MR) is 99.6 cm³/mol. The first-order valence-corrected chi connectivity index (χ1v) is 8.32. The molecule has 138 valence electrons. The quantitative estimate of drug-likeness (QED) is 0.335. The van der Waals surface area contributed by atoms with Gasteiger partial charge in [-0.3, -0.25) is 4.79 Å². The lowest BCUT2D eigenvalue weighted by Gasteiger charge is -2.16. The first kappa shape index (κ1) is 22.8. The zero-order chi connectivity index (χ0) is 19.1. The first-order valence-electron chi connectivity index (χ1n) is 8.32. The van der Waals surface area contributed by atoms with Crippen LogP contribution in [0, 0.1) is 24.7 Å². The van der Waals surface area contributed by atoms with Crippen molar-refractivity contribution in [3.63, 3.8) is 0 Å². The van der Waals surface area contributed by atoms with Gasteiger partial charge in [0, 0.05) is 6.54 Å². The molecule has 1 amide bonds. The Kier molecular flexibility index (Phi) is 12.9. The normalized spacial score (nSPS) is 14.2. The maximum atomic E-state index is 11.9. The molecular formula is C20H29NO4. The first-order chi connectivity index (χ1) is 12.0. The summed E-state index contributed by atoms with van der Waals surface area (Å²) in [5.41, 5.74) is 1.05. The van der Waals surface area contributed by atoms with Crippen LogP contribution in [0.25, 0.3) is 0 Å². The fraction of sp³-hybridized carbons (Fsp3) is 0.550. The smallest absolute Gasteiger partial charge is 0.248 e. The van der Waals surface area contributed by atoms with Crippen molar-refractivity contribution in [3.8, 4) is 24.7 Å². The van der Waals surface area contributed by atoms with Crippen molar-refractivity contribution >= 4 is 5.91 Å². The second kappa shape index (κ2) is 14.2. The number of carbonyl (C=O) groups excluding carboxylic acids is 1. The fourth-order valence-corrected chi connectivity index (χ4v) is 2.00. The monoisotopic (exact) mass is 347 g/mol. The molecule has 0 radical (unpaired) electrons. The Bertz CT molecular complexity index is 537. The minimum absolute atomic E-state index is 0.116. The highest BCUT2D eigenvalue weighted by Gasteiger charge is 2.13. The topological polar surface area (TPSA) is 56.8 Å². The van der Waals surface area contributed by atoms with Crippen LogP contribution < -0.4 is 5.32 Å². The molecule has 0 aromatic heterocycles. The molecule has 5 heteroatoms. The Morgan fingerprint density at radius 2 is 1.76 bits per heavy atom. The van der Waals surface area contributed by atoms with Crippen molar-refractivity contribution in [3.05, 3.63) is 23.5 Å². The van der Waals surface area contributed by atoms with E-state index in [-0.39, 0.29) is 25.2 Å². The zero-order valence-electron chi connectivity index (χ0n) is 15.6. The molecule has 0 aromatic rings. The van der Waals surface area contributed by atoms with E-state index in [1.165, 1.54) is 0 Å². The van der Waals surface area contributed by atoms with E-state index in [0.29, 0.717) is 18.7 Å². The molecule has 0 rings (SSSR count). The maximum Gasteiger partial charge on any atom is 0.248 e. The average Bonchev–Trinajstić information content (AvgIpc) is 2.61. The van der Waals surface area contributed by atoms with Crippen LogP contribution in [0.2, 0.25) is 0 Å². The van der Waals surface area contributed by atoms with Crippen molar-refractivity contribution < 1.29 is 19.0 Å². The van der Waals surface area contributed by atoms with Crippen LogP contribution in [0.3, 0.4) is 0 Å². The average molecular weight is 347 g/mol. The zero-order valence-corrected chi connectivity index (χ0v) is 15.6. The summed E-state index contributed by atoms with van der Waals surface area (Å²) in [4.78, 5) is 11.9. The number of hydrogen-bond acceptors (Lipinski definition) is 4. The summed E-state index contributed by atoms with van der Waals surface area (Å²) < 4.78 is 16.1. The molecule has 2 unspecified atom stereocenters. The molecule has 0 spiro atoms. The van der Waals surface area contributed by atoms with Crippen LogP contribution in [0.1, 0.15) is 33.6 Å². The van der Waals surface area contributed by atoms with Crippen molar-refractivity contribution in [1.29, 1.82) is 0 Å². The van der Waals surface area contributed by atoms with Crippen LogP contribution in [-0.2, 0) is 19.0 Å². The third-order valence-corrected chi connectivity index (χ3v) is 3.35. The summed E-state index contributed by atoms with van der Waals surface area (Å²) in [6.45, 7) is 6.42. The number of allylic oxidation sites excluding steroid dienone is 2. The fourth-order valence-electron chi connectivity index (χ4n) is 2.00. The molecule has 1 N–H and O–H groups in total. The lowest BCUT2D eigenvalue weighted by atomic mass is 10.1. The molecular weight excluding hydrogens is 318 g/mol. The largest absolute Gasteiger partial charge is 0.498 e. The minimum atomic E-state index is -0.572. The third kappa shape index (κ3) is 10.3. The van der Waals surface area contributed by atoms with E-state index >= 15 is 0 Å². The SMILES string of the molecule is C#CCOC(C)C(=O)NCCC(=C/CC)/C=C(/OC)C(C)OCC#C. The van der Waals surface area contributed by atoms with Gasteiger partial charge in [0.2, 0.25) is 5.91 Å². The van der Waals surface area contributed by atoms with Gasteiger partial charge >= 0.3 is 0 Å². The van der Waals surface area contributed by atoms with Crippen molar-refractivity contribution in [2.24, 2.45) is 0 Å². The predicted octanol–water partition coefficient (Wildman–Crippen LogP) is 2.44. The number of amides is 1. The highest BCUT2D eigenvalue weighted by Crippen LogP contribution is 2.14. The van der Waals surface area contributed by atoms with E-state index in [9.17, 15) is 4.79 Å². The summed E-state index contributed by atoms with van der Waals surface area (Å²) in [5, 5.41) is 2.83. The number of nitrogens with one attached hydrogen (secondary N) is 1. The summed E-state index contributed by atoms with van der Waals surface area (Å²) in [6, 6.07) is 0. The highest BCUT2D eigenvalue weighted by atomic mass is 16.5. The van der Waals surface area contributed by atoms with Crippen molar-refractivity contribution in [2.75, 3.05) is 26.9 Å². The van der Waals surface area contributed by atoms with Crippen molar-refractivity contribution in [2.45, 2.75) is 45.8 Å². The Balaban J connectivity index is 4.68. The number of rotatable bonds is 12. The van der Waals surface area contributed by atoms with Crippen molar-refractivity contribution in [1.82, 2.24) is 5.32 Å². The van der Waals surface area contributed by atoms with Gasteiger partial charge in [0.25, 0.3) is 0 Å². The van der Waals surface area contributed by atoms with Gasteiger partial charge in [0.1, 0.15) is 31.2 Å². The van der Waals surface area contributed by atoms with Gasteiger partial charge in [-0.25, -0.2) is 0 Å². The Morgan fingerprint density at radius 1 is 1.16 bits per heavy atom. The molecule has 0 fully saturated rings. The second-order valence-corrected chi connectivity index (χ2v) is 5.29. The highest BCUT2D eigenvalue weighted by molar-refractivity contribution is 5.80. The molecule has 0 bridgehead atoms. The minimum Gasteiger partial charge on any atom is -0.498 e.